The summed E-state index contributed by atoms with van der Waals surface area (Å²) in [5, 5.41) is 5.07. The van der Waals surface area contributed by atoms with E-state index in [1.807, 2.05) is 0 Å². The average Bonchev–Trinajstić information content (AvgIpc) is 2.54. The summed E-state index contributed by atoms with van der Waals surface area (Å²) in [7, 11) is 1.21. The first-order chi connectivity index (χ1) is 11.7. The number of halogens is 2. The molecule has 2 amide bonds. The van der Waals surface area contributed by atoms with E-state index in [9.17, 15) is 18.8 Å². The standard InChI is InChI=1S/C17H20BrFN2O4/c1-10(18)8-15(17(24)25-3)21-16(23)14(20-11(2)22)9-12-4-6-13(19)7-5-12/h4-7,14-15H,1,8-9H2,2-3H3,(H,20,22)(H,21,23)/t14-,15-/m0/s1. The second-order valence-corrected chi connectivity index (χ2v) is 6.51. The molecule has 0 fully saturated rings. The molecule has 1 rings (SSSR count). The maximum Gasteiger partial charge on any atom is 0.328 e. The van der Waals surface area contributed by atoms with E-state index < -0.39 is 35.7 Å². The highest BCUT2D eigenvalue weighted by Crippen LogP contribution is 2.12. The lowest BCUT2D eigenvalue weighted by molar-refractivity contribution is -0.145. The Balaban J connectivity index is 2.90. The second kappa shape index (κ2) is 9.93. The highest BCUT2D eigenvalue weighted by atomic mass is 79.9. The van der Waals surface area contributed by atoms with E-state index in [1.165, 1.54) is 38.3 Å². The number of hydrogen-bond donors (Lipinski definition) is 2. The summed E-state index contributed by atoms with van der Waals surface area (Å²) in [6.07, 6.45) is 0.288. The number of amides is 2. The number of esters is 1. The molecular formula is C17H20BrFN2O4. The zero-order valence-electron chi connectivity index (χ0n) is 14.0. The molecule has 0 spiro atoms. The Hall–Kier alpha value is -2.22. The van der Waals surface area contributed by atoms with E-state index >= 15 is 0 Å². The maximum atomic E-state index is 13.0. The summed E-state index contributed by atoms with van der Waals surface area (Å²) in [5.41, 5.74) is 0.662. The molecule has 2 N–H and O–H groups in total. The number of carbonyl (C=O) groups is 3. The summed E-state index contributed by atoms with van der Waals surface area (Å²) in [6, 6.07) is 3.73. The molecule has 2 atom stereocenters. The summed E-state index contributed by atoms with van der Waals surface area (Å²) in [5.74, 6) is -1.98. The van der Waals surface area contributed by atoms with Gasteiger partial charge >= 0.3 is 5.97 Å². The van der Waals surface area contributed by atoms with Crippen molar-refractivity contribution < 1.29 is 23.5 Å². The van der Waals surface area contributed by atoms with Crippen molar-refractivity contribution in [3.63, 3.8) is 0 Å². The predicted molar refractivity (Wildman–Crippen MR) is 94.3 cm³/mol. The Bertz CT molecular complexity index is 649. The van der Waals surface area contributed by atoms with Crippen LogP contribution in [0.2, 0.25) is 0 Å². The monoisotopic (exact) mass is 414 g/mol. The smallest absolute Gasteiger partial charge is 0.328 e. The number of benzene rings is 1. The minimum Gasteiger partial charge on any atom is -0.467 e. The zero-order chi connectivity index (χ0) is 19.0. The van der Waals surface area contributed by atoms with E-state index in [1.54, 1.807) is 0 Å². The number of carbonyl (C=O) groups excluding carboxylic acids is 3. The lowest BCUT2D eigenvalue weighted by Gasteiger charge is -2.22. The normalized spacial score (nSPS) is 12.6. The van der Waals surface area contributed by atoms with Crippen LogP contribution < -0.4 is 10.6 Å². The number of methoxy groups -OCH3 is 1. The third-order valence-electron chi connectivity index (χ3n) is 3.27. The molecule has 0 heterocycles. The minimum atomic E-state index is -0.936. The van der Waals surface area contributed by atoms with E-state index in [2.05, 4.69) is 37.9 Å². The topological polar surface area (TPSA) is 84.5 Å². The Labute approximate surface area is 153 Å². The van der Waals surface area contributed by atoms with E-state index in [4.69, 9.17) is 0 Å². The molecule has 25 heavy (non-hydrogen) atoms. The van der Waals surface area contributed by atoms with Crippen LogP contribution in [0.1, 0.15) is 18.9 Å². The maximum absolute atomic E-state index is 13.0. The fourth-order valence-corrected chi connectivity index (χ4v) is 2.46. The largest absolute Gasteiger partial charge is 0.467 e. The molecule has 1 aromatic rings. The summed E-state index contributed by atoms with van der Waals surface area (Å²) in [4.78, 5) is 35.7. The van der Waals surface area contributed by atoms with Gasteiger partial charge in [-0.1, -0.05) is 34.6 Å². The SMILES string of the molecule is C=C(Br)C[C@H](NC(=O)[C@H](Cc1ccc(F)cc1)NC(C)=O)C(=O)OC. The first kappa shape index (κ1) is 20.8. The van der Waals surface area contributed by atoms with Crippen molar-refractivity contribution in [1.29, 1.82) is 0 Å². The predicted octanol–water partition coefficient (Wildman–Crippen LogP) is 1.83. The van der Waals surface area contributed by atoms with Crippen molar-refractivity contribution in [2.45, 2.75) is 31.8 Å². The van der Waals surface area contributed by atoms with Crippen molar-refractivity contribution in [3.8, 4) is 0 Å². The number of ether oxygens (including phenoxy) is 1. The summed E-state index contributed by atoms with van der Waals surface area (Å²) >= 11 is 3.14. The molecule has 0 saturated heterocycles. The lowest BCUT2D eigenvalue weighted by Crippen LogP contribution is -2.52. The Morgan fingerprint density at radius 2 is 1.80 bits per heavy atom. The van der Waals surface area contributed by atoms with Crippen LogP contribution in [-0.2, 0) is 25.5 Å². The lowest BCUT2D eigenvalue weighted by atomic mass is 10.0. The Kier molecular flexibility index (Phi) is 8.27. The van der Waals surface area contributed by atoms with Gasteiger partial charge in [0.15, 0.2) is 0 Å². The summed E-state index contributed by atoms with van der Waals surface area (Å²) in [6.45, 7) is 4.92. The third kappa shape index (κ3) is 7.47. The number of hydrogen-bond acceptors (Lipinski definition) is 4. The van der Waals surface area contributed by atoms with Gasteiger partial charge in [-0.15, -0.1) is 0 Å². The zero-order valence-corrected chi connectivity index (χ0v) is 15.6. The van der Waals surface area contributed by atoms with Gasteiger partial charge in [0.1, 0.15) is 17.9 Å². The van der Waals surface area contributed by atoms with Gasteiger partial charge in [-0.05, 0) is 22.2 Å². The third-order valence-corrected chi connectivity index (χ3v) is 3.60. The number of nitrogens with one attached hydrogen (secondary N) is 2. The van der Waals surface area contributed by atoms with Crippen LogP contribution in [0.3, 0.4) is 0 Å². The molecule has 0 aliphatic carbocycles. The van der Waals surface area contributed by atoms with Crippen molar-refractivity contribution >= 4 is 33.7 Å². The molecule has 1 aromatic carbocycles. The fourth-order valence-electron chi connectivity index (χ4n) is 2.14. The van der Waals surface area contributed by atoms with E-state index in [0.29, 0.717) is 10.0 Å². The molecule has 136 valence electrons. The van der Waals surface area contributed by atoms with Gasteiger partial charge in [-0.3, -0.25) is 9.59 Å². The average molecular weight is 415 g/mol. The molecule has 0 saturated carbocycles. The molecule has 0 radical (unpaired) electrons. The molecule has 6 nitrogen and oxygen atoms in total. The van der Waals surface area contributed by atoms with Crippen LogP contribution in [0.5, 0.6) is 0 Å². The van der Waals surface area contributed by atoms with Gasteiger partial charge in [0.2, 0.25) is 11.8 Å². The minimum absolute atomic E-state index is 0.141. The van der Waals surface area contributed by atoms with Crippen molar-refractivity contribution in [3.05, 3.63) is 46.7 Å². The van der Waals surface area contributed by atoms with Crippen LogP contribution in [-0.4, -0.2) is 37.0 Å². The molecular weight excluding hydrogens is 395 g/mol. The highest BCUT2D eigenvalue weighted by molar-refractivity contribution is 9.11. The quantitative estimate of drug-likeness (QED) is 0.635. The molecule has 0 aromatic heterocycles. The van der Waals surface area contributed by atoms with Crippen LogP contribution in [0.25, 0.3) is 0 Å². The van der Waals surface area contributed by atoms with E-state index in [-0.39, 0.29) is 12.8 Å². The molecule has 0 bridgehead atoms. The van der Waals surface area contributed by atoms with Crippen molar-refractivity contribution in [2.75, 3.05) is 7.11 Å². The van der Waals surface area contributed by atoms with Gasteiger partial charge < -0.3 is 15.4 Å². The van der Waals surface area contributed by atoms with Crippen LogP contribution in [0.4, 0.5) is 4.39 Å². The van der Waals surface area contributed by atoms with Crippen molar-refractivity contribution in [2.24, 2.45) is 0 Å². The number of rotatable bonds is 8. The Morgan fingerprint density at radius 1 is 1.20 bits per heavy atom. The summed E-state index contributed by atoms with van der Waals surface area (Å²) < 4.78 is 18.2. The van der Waals surface area contributed by atoms with Gasteiger partial charge in [-0.25, -0.2) is 9.18 Å². The van der Waals surface area contributed by atoms with Crippen LogP contribution in [0.15, 0.2) is 35.3 Å². The van der Waals surface area contributed by atoms with E-state index in [0.717, 1.165) is 0 Å². The van der Waals surface area contributed by atoms with Crippen molar-refractivity contribution in [1.82, 2.24) is 10.6 Å². The van der Waals surface area contributed by atoms with Gasteiger partial charge in [0.25, 0.3) is 0 Å². The van der Waals surface area contributed by atoms with Gasteiger partial charge in [-0.2, -0.15) is 0 Å². The first-order valence-corrected chi connectivity index (χ1v) is 8.25. The van der Waals surface area contributed by atoms with Gasteiger partial charge in [0, 0.05) is 19.8 Å². The van der Waals surface area contributed by atoms with Gasteiger partial charge in [0.05, 0.1) is 7.11 Å². The second-order valence-electron chi connectivity index (χ2n) is 5.39. The first-order valence-electron chi connectivity index (χ1n) is 7.46. The molecule has 0 aliphatic rings. The highest BCUT2D eigenvalue weighted by Gasteiger charge is 2.27. The fraction of sp³-hybridized carbons (Fsp3) is 0.353. The molecule has 0 aliphatic heterocycles. The Morgan fingerprint density at radius 3 is 2.28 bits per heavy atom. The molecule has 0 unspecified atom stereocenters. The van der Waals surface area contributed by atoms with Crippen LogP contribution in [0, 0.1) is 5.82 Å². The van der Waals surface area contributed by atoms with Crippen LogP contribution >= 0.6 is 15.9 Å². The molecule has 8 heteroatoms.